The molecule has 0 radical (unpaired) electrons. The zero-order valence-electron chi connectivity index (χ0n) is 20.5. The summed E-state index contributed by atoms with van der Waals surface area (Å²) in [6.07, 6.45) is 0. The lowest BCUT2D eigenvalue weighted by molar-refractivity contribution is -0.386. The number of aryl methyl sites for hydroxylation is 3. The highest BCUT2D eigenvalue weighted by Gasteiger charge is 2.22. The van der Waals surface area contributed by atoms with E-state index in [0.29, 0.717) is 35.7 Å². The van der Waals surface area contributed by atoms with Crippen LogP contribution in [0.25, 0.3) is 0 Å². The van der Waals surface area contributed by atoms with Crippen molar-refractivity contribution in [1.82, 2.24) is 19.6 Å². The predicted octanol–water partition coefficient (Wildman–Crippen LogP) is 4.88. The van der Waals surface area contributed by atoms with Crippen molar-refractivity contribution >= 4 is 17.3 Å². The average Bonchev–Trinajstić information content (AvgIpc) is 3.24. The Hall–Kier alpha value is -4.27. The highest BCUT2D eigenvalue weighted by Crippen LogP contribution is 2.24. The van der Waals surface area contributed by atoms with Crippen LogP contribution in [0.15, 0.2) is 48.5 Å². The second-order valence-corrected chi connectivity index (χ2v) is 8.77. The van der Waals surface area contributed by atoms with Gasteiger partial charge in [0.1, 0.15) is 11.4 Å². The molecule has 180 valence electrons. The lowest BCUT2D eigenvalue weighted by Gasteiger charge is -2.09. The Morgan fingerprint density at radius 1 is 0.829 bits per heavy atom. The SMILES string of the molecule is Cc1ccc(Cn2nc(C)c(NC(=O)c3ccc(Cn4nc(C)c([N+](=O)[O-])c4C)cc3)c2C)cc1. The van der Waals surface area contributed by atoms with E-state index in [0.717, 1.165) is 22.5 Å². The number of carbonyl (C=O) groups is 1. The normalized spacial score (nSPS) is 11.0. The van der Waals surface area contributed by atoms with Crippen LogP contribution in [0.3, 0.4) is 0 Å². The Morgan fingerprint density at radius 2 is 1.34 bits per heavy atom. The van der Waals surface area contributed by atoms with Gasteiger partial charge in [0.05, 0.1) is 35.1 Å². The van der Waals surface area contributed by atoms with E-state index in [1.807, 2.05) is 30.7 Å². The van der Waals surface area contributed by atoms with Crippen LogP contribution in [-0.2, 0) is 13.1 Å². The molecule has 0 aliphatic heterocycles. The van der Waals surface area contributed by atoms with Crippen LogP contribution in [-0.4, -0.2) is 30.4 Å². The molecule has 9 nitrogen and oxygen atoms in total. The van der Waals surface area contributed by atoms with E-state index in [-0.39, 0.29) is 11.6 Å². The Kier molecular flexibility index (Phi) is 6.50. The summed E-state index contributed by atoms with van der Waals surface area (Å²) in [5.74, 6) is -0.223. The van der Waals surface area contributed by atoms with Gasteiger partial charge in [0, 0.05) is 5.56 Å². The molecule has 35 heavy (non-hydrogen) atoms. The maximum Gasteiger partial charge on any atom is 0.312 e. The van der Waals surface area contributed by atoms with Crippen molar-refractivity contribution in [2.24, 2.45) is 0 Å². The third-order valence-corrected chi connectivity index (χ3v) is 6.15. The third-order valence-electron chi connectivity index (χ3n) is 6.15. The molecule has 0 bridgehead atoms. The molecule has 2 aromatic heterocycles. The summed E-state index contributed by atoms with van der Waals surface area (Å²) in [4.78, 5) is 23.8. The van der Waals surface area contributed by atoms with E-state index in [1.165, 1.54) is 5.56 Å². The van der Waals surface area contributed by atoms with Crippen molar-refractivity contribution < 1.29 is 9.72 Å². The van der Waals surface area contributed by atoms with Crippen molar-refractivity contribution in [3.8, 4) is 0 Å². The highest BCUT2D eigenvalue weighted by atomic mass is 16.6. The second-order valence-electron chi connectivity index (χ2n) is 8.77. The van der Waals surface area contributed by atoms with E-state index >= 15 is 0 Å². The number of aromatic nitrogens is 4. The van der Waals surface area contributed by atoms with Crippen LogP contribution in [0.5, 0.6) is 0 Å². The molecule has 2 heterocycles. The first-order valence-corrected chi connectivity index (χ1v) is 11.3. The second kappa shape index (κ2) is 9.54. The molecule has 0 atom stereocenters. The van der Waals surface area contributed by atoms with Gasteiger partial charge >= 0.3 is 5.69 Å². The van der Waals surface area contributed by atoms with Crippen molar-refractivity contribution in [2.45, 2.75) is 47.7 Å². The van der Waals surface area contributed by atoms with Gasteiger partial charge in [-0.3, -0.25) is 24.3 Å². The number of nitro groups is 1. The number of rotatable bonds is 7. The number of benzene rings is 2. The standard InChI is InChI=1S/C26H28N6O3/c1-16-6-8-21(9-7-16)14-30-19(4)24(17(2)28-30)27-26(33)23-12-10-22(11-13-23)15-31-20(5)25(32(34)35)18(3)29-31/h6-13H,14-15H2,1-5H3,(H,27,33). The molecule has 0 aliphatic carbocycles. The van der Waals surface area contributed by atoms with E-state index < -0.39 is 4.92 Å². The fourth-order valence-electron chi connectivity index (χ4n) is 4.12. The quantitative estimate of drug-likeness (QED) is 0.305. The molecule has 9 heteroatoms. The fourth-order valence-corrected chi connectivity index (χ4v) is 4.12. The minimum atomic E-state index is -0.408. The first-order chi connectivity index (χ1) is 16.6. The summed E-state index contributed by atoms with van der Waals surface area (Å²) in [7, 11) is 0. The topological polar surface area (TPSA) is 108 Å². The summed E-state index contributed by atoms with van der Waals surface area (Å²) >= 11 is 0. The maximum absolute atomic E-state index is 12.9. The zero-order valence-corrected chi connectivity index (χ0v) is 20.5. The Bertz CT molecular complexity index is 1400. The van der Waals surface area contributed by atoms with Crippen LogP contribution >= 0.6 is 0 Å². The van der Waals surface area contributed by atoms with Crippen molar-refractivity contribution in [3.05, 3.63) is 104 Å². The Balaban J connectivity index is 1.46. The Labute approximate surface area is 203 Å². The fraction of sp³-hybridized carbons (Fsp3) is 0.269. The van der Waals surface area contributed by atoms with Gasteiger partial charge in [-0.1, -0.05) is 42.0 Å². The van der Waals surface area contributed by atoms with Crippen LogP contribution < -0.4 is 5.32 Å². The van der Waals surface area contributed by atoms with E-state index in [9.17, 15) is 14.9 Å². The van der Waals surface area contributed by atoms with E-state index in [2.05, 4.69) is 46.7 Å². The number of anilines is 1. The van der Waals surface area contributed by atoms with Gasteiger partial charge in [0.2, 0.25) is 0 Å². The molecule has 0 unspecified atom stereocenters. The average molecular weight is 473 g/mol. The molecule has 0 saturated carbocycles. The molecule has 0 fully saturated rings. The first kappa shape index (κ1) is 23.9. The molecule has 2 aromatic carbocycles. The van der Waals surface area contributed by atoms with Crippen molar-refractivity contribution in [1.29, 1.82) is 0 Å². The van der Waals surface area contributed by atoms with Crippen LogP contribution in [0, 0.1) is 44.7 Å². The van der Waals surface area contributed by atoms with Crippen LogP contribution in [0.1, 0.15) is 49.8 Å². The smallest absolute Gasteiger partial charge is 0.312 e. The lowest BCUT2D eigenvalue weighted by Crippen LogP contribution is -2.13. The lowest BCUT2D eigenvalue weighted by atomic mass is 10.1. The van der Waals surface area contributed by atoms with Crippen molar-refractivity contribution in [3.63, 3.8) is 0 Å². The molecule has 4 aromatic rings. The Morgan fingerprint density at radius 3 is 1.89 bits per heavy atom. The number of hydrogen-bond acceptors (Lipinski definition) is 5. The van der Waals surface area contributed by atoms with Crippen molar-refractivity contribution in [2.75, 3.05) is 5.32 Å². The monoisotopic (exact) mass is 472 g/mol. The third kappa shape index (κ3) is 4.98. The molecular weight excluding hydrogens is 444 g/mol. The van der Waals surface area contributed by atoms with E-state index in [1.54, 1.807) is 30.7 Å². The minimum Gasteiger partial charge on any atom is -0.319 e. The summed E-state index contributed by atoms with van der Waals surface area (Å²) in [6.45, 7) is 10.2. The largest absolute Gasteiger partial charge is 0.319 e. The summed E-state index contributed by atoms with van der Waals surface area (Å²) in [6, 6.07) is 15.5. The first-order valence-electron chi connectivity index (χ1n) is 11.3. The molecule has 1 N–H and O–H groups in total. The van der Waals surface area contributed by atoms with Gasteiger partial charge in [0.25, 0.3) is 5.91 Å². The van der Waals surface area contributed by atoms with Crippen LogP contribution in [0.2, 0.25) is 0 Å². The van der Waals surface area contributed by atoms with Gasteiger partial charge in [-0.05, 0) is 57.9 Å². The summed E-state index contributed by atoms with van der Waals surface area (Å²) < 4.78 is 3.50. The minimum absolute atomic E-state index is 0.0367. The number of amides is 1. The highest BCUT2D eigenvalue weighted by molar-refractivity contribution is 6.04. The van der Waals surface area contributed by atoms with Gasteiger partial charge in [0.15, 0.2) is 0 Å². The number of nitrogens with one attached hydrogen (secondary N) is 1. The molecule has 0 saturated heterocycles. The molecular formula is C26H28N6O3. The number of hydrogen-bond donors (Lipinski definition) is 1. The van der Waals surface area contributed by atoms with Gasteiger partial charge in [-0.2, -0.15) is 10.2 Å². The zero-order chi connectivity index (χ0) is 25.3. The predicted molar refractivity (Wildman–Crippen MR) is 134 cm³/mol. The summed E-state index contributed by atoms with van der Waals surface area (Å²) in [5, 5.41) is 23.1. The number of nitrogens with zero attached hydrogens (tertiary/aromatic N) is 5. The molecule has 4 rings (SSSR count). The van der Waals surface area contributed by atoms with E-state index in [4.69, 9.17) is 0 Å². The van der Waals surface area contributed by atoms with Gasteiger partial charge < -0.3 is 5.32 Å². The molecule has 1 amide bonds. The van der Waals surface area contributed by atoms with Crippen LogP contribution in [0.4, 0.5) is 11.4 Å². The summed E-state index contributed by atoms with van der Waals surface area (Å²) in [5.41, 5.74) is 7.03. The number of carbonyl (C=O) groups excluding carboxylic acids is 1. The molecule has 0 aliphatic rings. The van der Waals surface area contributed by atoms with Gasteiger partial charge in [-0.25, -0.2) is 0 Å². The molecule has 0 spiro atoms. The van der Waals surface area contributed by atoms with Gasteiger partial charge in [-0.15, -0.1) is 0 Å². The maximum atomic E-state index is 12.9.